The van der Waals surface area contributed by atoms with Gasteiger partial charge in [-0.1, -0.05) is 0 Å². The van der Waals surface area contributed by atoms with Crippen molar-refractivity contribution in [2.45, 2.75) is 27.4 Å². The molecule has 140 valence electrons. The molecule has 27 heavy (non-hydrogen) atoms. The number of rotatable bonds is 4. The quantitative estimate of drug-likeness (QED) is 0.432. The van der Waals surface area contributed by atoms with Crippen LogP contribution in [0.1, 0.15) is 28.1 Å². The second-order valence-corrected chi connectivity index (χ2v) is 6.33. The molecule has 2 heterocycles. The summed E-state index contributed by atoms with van der Waals surface area (Å²) < 4.78 is 12.2. The van der Waals surface area contributed by atoms with Gasteiger partial charge in [0.25, 0.3) is 0 Å². The van der Waals surface area contributed by atoms with Crippen LogP contribution in [0.15, 0.2) is 33.5 Å². The summed E-state index contributed by atoms with van der Waals surface area (Å²) in [4.78, 5) is 23.9. The first-order valence-electron chi connectivity index (χ1n) is 8.38. The maximum atomic E-state index is 12.1. The zero-order valence-corrected chi connectivity index (χ0v) is 15.6. The Morgan fingerprint density at radius 2 is 2.07 bits per heavy atom. The van der Waals surface area contributed by atoms with Crippen molar-refractivity contribution >= 4 is 23.0 Å². The molecule has 0 unspecified atom stereocenters. The Labute approximate surface area is 155 Å². The number of esters is 1. The standard InChI is InChI=1S/C20H20N2O5/c1-11-17(23)7-5-16-14(9-19(25)27-20(11)16)10-26-18(24)8-6-15-12(2)21-22(4)13(15)3/h5-9,23H,10H2,1-4H3/b8-6+. The van der Waals surface area contributed by atoms with Crippen molar-refractivity contribution in [2.24, 2.45) is 7.05 Å². The van der Waals surface area contributed by atoms with Crippen molar-refractivity contribution in [3.05, 3.63) is 62.8 Å². The number of fused-ring (bicyclic) bond motifs is 1. The van der Waals surface area contributed by atoms with Crippen LogP contribution in [-0.4, -0.2) is 20.9 Å². The number of ether oxygens (including phenoxy) is 1. The lowest BCUT2D eigenvalue weighted by Crippen LogP contribution is -2.06. The number of phenolic OH excluding ortho intramolecular Hbond substituents is 1. The number of hydrogen-bond donors (Lipinski definition) is 1. The zero-order chi connectivity index (χ0) is 19.7. The molecule has 0 fully saturated rings. The summed E-state index contributed by atoms with van der Waals surface area (Å²) >= 11 is 0. The van der Waals surface area contributed by atoms with E-state index in [0.717, 1.165) is 17.0 Å². The van der Waals surface area contributed by atoms with Gasteiger partial charge in [0.05, 0.1) is 5.69 Å². The number of aryl methyl sites for hydroxylation is 3. The first kappa shape index (κ1) is 18.4. The zero-order valence-electron chi connectivity index (χ0n) is 15.6. The normalized spacial score (nSPS) is 11.4. The minimum atomic E-state index is -0.570. The van der Waals surface area contributed by atoms with E-state index in [4.69, 9.17) is 9.15 Å². The Morgan fingerprint density at radius 3 is 2.74 bits per heavy atom. The number of carbonyl (C=O) groups is 1. The second kappa shape index (κ2) is 7.11. The largest absolute Gasteiger partial charge is 0.508 e. The molecule has 0 radical (unpaired) electrons. The lowest BCUT2D eigenvalue weighted by molar-refractivity contribution is -0.138. The van der Waals surface area contributed by atoms with Gasteiger partial charge in [-0.15, -0.1) is 0 Å². The third kappa shape index (κ3) is 3.62. The van der Waals surface area contributed by atoms with Gasteiger partial charge >= 0.3 is 11.6 Å². The number of aromatic hydroxyl groups is 1. The van der Waals surface area contributed by atoms with Gasteiger partial charge in [-0.3, -0.25) is 4.68 Å². The highest BCUT2D eigenvalue weighted by molar-refractivity contribution is 5.88. The van der Waals surface area contributed by atoms with Crippen molar-refractivity contribution < 1.29 is 19.1 Å². The van der Waals surface area contributed by atoms with E-state index in [1.807, 2.05) is 20.9 Å². The van der Waals surface area contributed by atoms with Crippen LogP contribution in [0.3, 0.4) is 0 Å². The average Bonchev–Trinajstić information content (AvgIpc) is 2.86. The Kier molecular flexibility index (Phi) is 4.85. The van der Waals surface area contributed by atoms with Crippen LogP contribution in [0.5, 0.6) is 5.75 Å². The van der Waals surface area contributed by atoms with E-state index in [0.29, 0.717) is 16.5 Å². The van der Waals surface area contributed by atoms with Crippen LogP contribution in [0.25, 0.3) is 17.0 Å². The molecule has 0 amide bonds. The molecule has 3 aromatic rings. The van der Waals surface area contributed by atoms with Gasteiger partial charge in [-0.05, 0) is 39.0 Å². The van der Waals surface area contributed by atoms with E-state index in [1.165, 1.54) is 18.2 Å². The third-order valence-electron chi connectivity index (χ3n) is 4.54. The lowest BCUT2D eigenvalue weighted by atomic mass is 10.1. The molecule has 0 bridgehead atoms. The van der Waals surface area contributed by atoms with Gasteiger partial charge in [0.1, 0.15) is 17.9 Å². The molecule has 0 aliphatic carbocycles. The van der Waals surface area contributed by atoms with Crippen LogP contribution in [0.2, 0.25) is 0 Å². The van der Waals surface area contributed by atoms with Crippen LogP contribution in [0, 0.1) is 20.8 Å². The van der Waals surface area contributed by atoms with E-state index < -0.39 is 11.6 Å². The van der Waals surface area contributed by atoms with Crippen LogP contribution in [-0.2, 0) is 23.2 Å². The SMILES string of the molecule is Cc1nn(C)c(C)c1/C=C/C(=O)OCc1cc(=O)oc2c(C)c(O)ccc12. The fourth-order valence-corrected chi connectivity index (χ4v) is 2.91. The highest BCUT2D eigenvalue weighted by Crippen LogP contribution is 2.27. The van der Waals surface area contributed by atoms with Crippen LogP contribution < -0.4 is 5.63 Å². The molecule has 0 aliphatic rings. The van der Waals surface area contributed by atoms with E-state index in [-0.39, 0.29) is 17.9 Å². The molecule has 3 rings (SSSR count). The molecule has 7 nitrogen and oxygen atoms in total. The number of aromatic nitrogens is 2. The van der Waals surface area contributed by atoms with Crippen molar-refractivity contribution in [1.29, 1.82) is 0 Å². The molecule has 1 N–H and O–H groups in total. The predicted octanol–water partition coefficient (Wildman–Crippen LogP) is 2.91. The minimum absolute atomic E-state index is 0.0324. The highest BCUT2D eigenvalue weighted by atomic mass is 16.5. The minimum Gasteiger partial charge on any atom is -0.508 e. The molecule has 1 aromatic carbocycles. The van der Waals surface area contributed by atoms with Gasteiger partial charge in [-0.2, -0.15) is 5.10 Å². The van der Waals surface area contributed by atoms with Gasteiger partial charge in [0.15, 0.2) is 0 Å². The number of hydrogen-bond acceptors (Lipinski definition) is 6. The fraction of sp³-hybridized carbons (Fsp3) is 0.250. The Balaban J connectivity index is 1.80. The van der Waals surface area contributed by atoms with E-state index >= 15 is 0 Å². The molecule has 7 heteroatoms. The monoisotopic (exact) mass is 368 g/mol. The molecule has 2 aromatic heterocycles. The smallest absolute Gasteiger partial charge is 0.336 e. The summed E-state index contributed by atoms with van der Waals surface area (Å²) in [7, 11) is 1.84. The Bertz CT molecular complexity index is 1120. The molecular formula is C20H20N2O5. The van der Waals surface area contributed by atoms with Crippen LogP contribution in [0.4, 0.5) is 0 Å². The highest BCUT2D eigenvalue weighted by Gasteiger charge is 2.12. The summed E-state index contributed by atoms with van der Waals surface area (Å²) in [6.45, 7) is 5.35. The van der Waals surface area contributed by atoms with Crippen molar-refractivity contribution in [1.82, 2.24) is 9.78 Å². The fourth-order valence-electron chi connectivity index (χ4n) is 2.91. The second-order valence-electron chi connectivity index (χ2n) is 6.33. The number of nitrogens with zero attached hydrogens (tertiary/aromatic N) is 2. The molecule has 0 spiro atoms. The summed E-state index contributed by atoms with van der Waals surface area (Å²) in [5.41, 5.74) is 3.32. The summed E-state index contributed by atoms with van der Waals surface area (Å²) in [6, 6.07) is 4.42. The molecule has 0 atom stereocenters. The third-order valence-corrected chi connectivity index (χ3v) is 4.54. The topological polar surface area (TPSA) is 94.6 Å². The van der Waals surface area contributed by atoms with Gasteiger partial charge in [0, 0.05) is 47.0 Å². The summed E-state index contributed by atoms with van der Waals surface area (Å²) in [5, 5.41) is 14.7. The molecule has 0 aliphatic heterocycles. The Hall–Kier alpha value is -3.35. The molecule has 0 saturated heterocycles. The first-order valence-corrected chi connectivity index (χ1v) is 8.38. The van der Waals surface area contributed by atoms with Gasteiger partial charge in [-0.25, -0.2) is 9.59 Å². The molecular weight excluding hydrogens is 348 g/mol. The van der Waals surface area contributed by atoms with Gasteiger partial charge in [0.2, 0.25) is 0 Å². The van der Waals surface area contributed by atoms with Crippen LogP contribution >= 0.6 is 0 Å². The maximum Gasteiger partial charge on any atom is 0.336 e. The van der Waals surface area contributed by atoms with Crippen molar-refractivity contribution in [2.75, 3.05) is 0 Å². The lowest BCUT2D eigenvalue weighted by Gasteiger charge is -2.08. The summed E-state index contributed by atoms with van der Waals surface area (Å²) in [6.07, 6.45) is 3.00. The number of carbonyl (C=O) groups excluding carboxylic acids is 1. The summed E-state index contributed by atoms with van der Waals surface area (Å²) in [5.74, 6) is -0.500. The Morgan fingerprint density at radius 1 is 1.33 bits per heavy atom. The number of phenols is 1. The van der Waals surface area contributed by atoms with Gasteiger partial charge < -0.3 is 14.3 Å². The van der Waals surface area contributed by atoms with E-state index in [9.17, 15) is 14.7 Å². The van der Waals surface area contributed by atoms with Crippen molar-refractivity contribution in [3.8, 4) is 5.75 Å². The first-order chi connectivity index (χ1) is 12.8. The maximum absolute atomic E-state index is 12.1. The average molecular weight is 368 g/mol. The predicted molar refractivity (Wildman–Crippen MR) is 100 cm³/mol. The van der Waals surface area contributed by atoms with E-state index in [2.05, 4.69) is 5.10 Å². The van der Waals surface area contributed by atoms with Crippen molar-refractivity contribution in [3.63, 3.8) is 0 Å². The van der Waals surface area contributed by atoms with E-state index in [1.54, 1.807) is 23.7 Å². The number of benzene rings is 1. The molecule has 0 saturated carbocycles.